The molecule has 76 valence electrons. The van der Waals surface area contributed by atoms with Crippen molar-refractivity contribution in [2.75, 3.05) is 0 Å². The third-order valence-electron chi connectivity index (χ3n) is 2.12. The van der Waals surface area contributed by atoms with Gasteiger partial charge in [0, 0.05) is 0 Å². The lowest BCUT2D eigenvalue weighted by Gasteiger charge is -2.03. The van der Waals surface area contributed by atoms with Crippen LogP contribution >= 0.6 is 9.24 Å². The van der Waals surface area contributed by atoms with Crippen LogP contribution in [0.15, 0.2) is 42.5 Å². The largest absolute Gasteiger partial charge is 0.508 e. The average molecular weight is 220 g/mol. The molecule has 0 amide bonds. The van der Waals surface area contributed by atoms with Gasteiger partial charge in [-0.3, -0.25) is 0 Å². The minimum Gasteiger partial charge on any atom is -0.508 e. The summed E-state index contributed by atoms with van der Waals surface area (Å²) >= 11 is 0. The number of hydrogen-bond donors (Lipinski definition) is 1. The molecule has 2 aromatic rings. The standard InChI is InChI=1S/C12H10FOP/c13-10-5-9(6-12(15)7-10)8-1-3-11(14)4-2-8/h1-7,14H,15H2. The van der Waals surface area contributed by atoms with Crippen molar-refractivity contribution in [2.24, 2.45) is 0 Å². The van der Waals surface area contributed by atoms with Gasteiger partial charge in [-0.15, -0.1) is 9.24 Å². The van der Waals surface area contributed by atoms with E-state index in [9.17, 15) is 4.39 Å². The molecular formula is C12H10FOP. The molecule has 1 N–H and O–H groups in total. The van der Waals surface area contributed by atoms with Crippen molar-refractivity contribution in [2.45, 2.75) is 0 Å². The van der Waals surface area contributed by atoms with Gasteiger partial charge in [0.25, 0.3) is 0 Å². The molecule has 2 aromatic carbocycles. The third-order valence-corrected chi connectivity index (χ3v) is 2.45. The van der Waals surface area contributed by atoms with E-state index in [2.05, 4.69) is 9.24 Å². The Morgan fingerprint density at radius 2 is 1.60 bits per heavy atom. The van der Waals surface area contributed by atoms with E-state index in [0.29, 0.717) is 0 Å². The summed E-state index contributed by atoms with van der Waals surface area (Å²) in [6.45, 7) is 0. The molecule has 2 rings (SSSR count). The van der Waals surface area contributed by atoms with E-state index >= 15 is 0 Å². The van der Waals surface area contributed by atoms with Gasteiger partial charge < -0.3 is 5.11 Å². The third kappa shape index (κ3) is 2.34. The highest BCUT2D eigenvalue weighted by Gasteiger charge is 2.01. The van der Waals surface area contributed by atoms with Gasteiger partial charge in [0.15, 0.2) is 0 Å². The highest BCUT2D eigenvalue weighted by atomic mass is 31.0. The molecule has 0 aromatic heterocycles. The lowest BCUT2D eigenvalue weighted by Crippen LogP contribution is -1.93. The van der Waals surface area contributed by atoms with Crippen molar-refractivity contribution in [3.05, 3.63) is 48.3 Å². The molecule has 0 saturated heterocycles. The van der Waals surface area contributed by atoms with Gasteiger partial charge >= 0.3 is 0 Å². The van der Waals surface area contributed by atoms with E-state index < -0.39 is 0 Å². The van der Waals surface area contributed by atoms with Crippen LogP contribution in [0, 0.1) is 5.82 Å². The summed E-state index contributed by atoms with van der Waals surface area (Å²) in [5, 5.41) is 9.94. The van der Waals surface area contributed by atoms with Gasteiger partial charge in [0.2, 0.25) is 0 Å². The molecule has 0 saturated carbocycles. The average Bonchev–Trinajstić information content (AvgIpc) is 2.17. The van der Waals surface area contributed by atoms with Crippen molar-refractivity contribution in [1.29, 1.82) is 0 Å². The summed E-state index contributed by atoms with van der Waals surface area (Å²) < 4.78 is 13.1. The first-order chi connectivity index (χ1) is 7.15. The van der Waals surface area contributed by atoms with Crippen molar-refractivity contribution in [3.63, 3.8) is 0 Å². The molecule has 3 heteroatoms. The molecule has 1 nitrogen and oxygen atoms in total. The maximum atomic E-state index is 13.1. The maximum Gasteiger partial charge on any atom is 0.124 e. The van der Waals surface area contributed by atoms with Crippen LogP contribution in [0.1, 0.15) is 0 Å². The molecule has 0 bridgehead atoms. The topological polar surface area (TPSA) is 20.2 Å². The summed E-state index contributed by atoms with van der Waals surface area (Å²) in [5.74, 6) is -0.0492. The molecule has 0 aliphatic rings. The number of rotatable bonds is 1. The summed E-state index contributed by atoms with van der Waals surface area (Å²) in [6.07, 6.45) is 0. The van der Waals surface area contributed by atoms with Crippen molar-refractivity contribution in [3.8, 4) is 16.9 Å². The lowest BCUT2D eigenvalue weighted by molar-refractivity contribution is 0.475. The molecule has 0 heterocycles. The molecule has 1 unspecified atom stereocenters. The monoisotopic (exact) mass is 220 g/mol. The van der Waals surface area contributed by atoms with Crippen LogP contribution < -0.4 is 5.30 Å². The highest BCUT2D eigenvalue weighted by Crippen LogP contribution is 2.22. The van der Waals surface area contributed by atoms with Gasteiger partial charge in [-0.05, 0) is 46.8 Å². The molecule has 0 aliphatic heterocycles. The Labute approximate surface area is 89.8 Å². The second-order valence-corrected chi connectivity index (χ2v) is 3.99. The molecule has 0 spiro atoms. The van der Waals surface area contributed by atoms with Crippen LogP contribution in [0.4, 0.5) is 4.39 Å². The van der Waals surface area contributed by atoms with Gasteiger partial charge in [-0.25, -0.2) is 4.39 Å². The van der Waals surface area contributed by atoms with Crippen LogP contribution in [0.3, 0.4) is 0 Å². The minimum absolute atomic E-state index is 0.209. The molecule has 15 heavy (non-hydrogen) atoms. The van der Waals surface area contributed by atoms with E-state index in [0.717, 1.165) is 16.4 Å². The number of hydrogen-bond acceptors (Lipinski definition) is 1. The number of benzene rings is 2. The number of phenolic OH excluding ortho intramolecular Hbond substituents is 1. The van der Waals surface area contributed by atoms with Crippen molar-refractivity contribution < 1.29 is 9.50 Å². The zero-order chi connectivity index (χ0) is 10.8. The van der Waals surface area contributed by atoms with Crippen LogP contribution in [-0.2, 0) is 0 Å². The van der Waals surface area contributed by atoms with Gasteiger partial charge in [0.05, 0.1) is 0 Å². The first-order valence-electron chi connectivity index (χ1n) is 4.50. The Balaban J connectivity index is 2.49. The first kappa shape index (κ1) is 10.1. The highest BCUT2D eigenvalue weighted by molar-refractivity contribution is 7.27. The smallest absolute Gasteiger partial charge is 0.124 e. The van der Waals surface area contributed by atoms with Gasteiger partial charge in [0.1, 0.15) is 11.6 Å². The van der Waals surface area contributed by atoms with Crippen LogP contribution in [-0.4, -0.2) is 5.11 Å². The zero-order valence-corrected chi connectivity index (χ0v) is 9.10. The van der Waals surface area contributed by atoms with E-state index in [-0.39, 0.29) is 11.6 Å². The number of phenols is 1. The predicted molar refractivity (Wildman–Crippen MR) is 62.8 cm³/mol. The summed E-state index contributed by atoms with van der Waals surface area (Å²) in [7, 11) is 2.47. The van der Waals surface area contributed by atoms with Gasteiger partial charge in [-0.2, -0.15) is 0 Å². The maximum absolute atomic E-state index is 13.1. The van der Waals surface area contributed by atoms with Crippen LogP contribution in [0.2, 0.25) is 0 Å². The summed E-state index contributed by atoms with van der Waals surface area (Å²) in [6, 6.07) is 11.5. The summed E-state index contributed by atoms with van der Waals surface area (Å²) in [4.78, 5) is 0. The zero-order valence-electron chi connectivity index (χ0n) is 7.94. The predicted octanol–water partition coefficient (Wildman–Crippen LogP) is 2.70. The van der Waals surface area contributed by atoms with E-state index in [1.54, 1.807) is 24.3 Å². The molecule has 0 fully saturated rings. The SMILES string of the molecule is Oc1ccc(-c2cc(F)cc(P)c2)cc1. The molecule has 0 aliphatic carbocycles. The Bertz CT molecular complexity index is 459. The van der Waals surface area contributed by atoms with E-state index in [4.69, 9.17) is 5.11 Å². The van der Waals surface area contributed by atoms with Crippen LogP contribution in [0.25, 0.3) is 11.1 Å². The minimum atomic E-state index is -0.259. The Morgan fingerprint density at radius 1 is 0.933 bits per heavy atom. The van der Waals surface area contributed by atoms with E-state index in [1.165, 1.54) is 12.1 Å². The van der Waals surface area contributed by atoms with Crippen molar-refractivity contribution >= 4 is 14.5 Å². The van der Waals surface area contributed by atoms with Gasteiger partial charge in [-0.1, -0.05) is 12.1 Å². The lowest BCUT2D eigenvalue weighted by atomic mass is 10.1. The molecular weight excluding hydrogens is 210 g/mol. The van der Waals surface area contributed by atoms with Crippen LogP contribution in [0.5, 0.6) is 5.75 Å². The molecule has 0 radical (unpaired) electrons. The fourth-order valence-electron chi connectivity index (χ4n) is 1.43. The fourth-order valence-corrected chi connectivity index (χ4v) is 1.77. The van der Waals surface area contributed by atoms with E-state index in [1.807, 2.05) is 6.07 Å². The summed E-state index contributed by atoms with van der Waals surface area (Å²) in [5.41, 5.74) is 1.69. The molecule has 1 atom stereocenters. The Morgan fingerprint density at radius 3 is 2.20 bits per heavy atom. The first-order valence-corrected chi connectivity index (χ1v) is 5.08. The fraction of sp³-hybridized carbons (Fsp3) is 0. The number of aromatic hydroxyl groups is 1. The second-order valence-electron chi connectivity index (χ2n) is 3.32. The number of halogens is 1. The second kappa shape index (κ2) is 4.00. The Kier molecular flexibility index (Phi) is 2.70. The quantitative estimate of drug-likeness (QED) is 0.732. The normalized spacial score (nSPS) is 10.3. The van der Waals surface area contributed by atoms with Crippen molar-refractivity contribution in [1.82, 2.24) is 0 Å². The Hall–Kier alpha value is -1.40.